The fourth-order valence-electron chi connectivity index (χ4n) is 1.89. The van der Waals surface area contributed by atoms with Gasteiger partial charge >= 0.3 is 0 Å². The van der Waals surface area contributed by atoms with E-state index in [0.717, 1.165) is 33.4 Å². The average Bonchev–Trinajstić information content (AvgIpc) is 2.70. The lowest BCUT2D eigenvalue weighted by molar-refractivity contribution is 0.231. The SMILES string of the molecule is CCNc1nc2c(OC(C)C)cc(OC(C)C)cc2s1. The quantitative estimate of drug-likeness (QED) is 0.862. The number of rotatable bonds is 6. The third kappa shape index (κ3) is 3.54. The van der Waals surface area contributed by atoms with Crippen LogP contribution in [0.4, 0.5) is 5.13 Å². The largest absolute Gasteiger partial charge is 0.491 e. The zero-order valence-electron chi connectivity index (χ0n) is 12.7. The fraction of sp³-hybridized carbons (Fsp3) is 0.533. The topological polar surface area (TPSA) is 43.4 Å². The maximum absolute atomic E-state index is 5.88. The molecular formula is C15H22N2O2S. The van der Waals surface area contributed by atoms with E-state index in [1.165, 1.54) is 0 Å². The summed E-state index contributed by atoms with van der Waals surface area (Å²) < 4.78 is 12.7. The Morgan fingerprint density at radius 2 is 1.85 bits per heavy atom. The number of nitrogens with one attached hydrogen (secondary N) is 1. The summed E-state index contributed by atoms with van der Waals surface area (Å²) in [6, 6.07) is 3.96. The van der Waals surface area contributed by atoms with Gasteiger partial charge in [-0.05, 0) is 40.7 Å². The first-order chi connectivity index (χ1) is 9.49. The lowest BCUT2D eigenvalue weighted by atomic mass is 10.3. The van der Waals surface area contributed by atoms with Gasteiger partial charge < -0.3 is 14.8 Å². The van der Waals surface area contributed by atoms with Gasteiger partial charge in [-0.2, -0.15) is 0 Å². The Morgan fingerprint density at radius 3 is 2.45 bits per heavy atom. The van der Waals surface area contributed by atoms with Gasteiger partial charge in [0.15, 0.2) is 10.9 Å². The highest BCUT2D eigenvalue weighted by molar-refractivity contribution is 7.22. The molecule has 5 heteroatoms. The lowest BCUT2D eigenvalue weighted by Crippen LogP contribution is -2.08. The minimum Gasteiger partial charge on any atom is -0.491 e. The van der Waals surface area contributed by atoms with E-state index in [-0.39, 0.29) is 12.2 Å². The van der Waals surface area contributed by atoms with Crippen LogP contribution in [0.5, 0.6) is 11.5 Å². The molecule has 4 nitrogen and oxygen atoms in total. The van der Waals surface area contributed by atoms with Crippen molar-refractivity contribution >= 4 is 26.7 Å². The van der Waals surface area contributed by atoms with Crippen LogP contribution in [0.1, 0.15) is 34.6 Å². The van der Waals surface area contributed by atoms with Gasteiger partial charge in [0.05, 0.1) is 16.9 Å². The average molecular weight is 294 g/mol. The molecule has 0 bridgehead atoms. The minimum atomic E-state index is 0.108. The van der Waals surface area contributed by atoms with Crippen LogP contribution in [-0.4, -0.2) is 23.7 Å². The molecule has 1 N–H and O–H groups in total. The number of hydrogen-bond donors (Lipinski definition) is 1. The van der Waals surface area contributed by atoms with Gasteiger partial charge in [0.2, 0.25) is 0 Å². The molecule has 0 spiro atoms. The second-order valence-corrected chi connectivity index (χ2v) is 6.18. The second-order valence-electron chi connectivity index (χ2n) is 5.15. The third-order valence-corrected chi connectivity index (χ3v) is 3.46. The summed E-state index contributed by atoms with van der Waals surface area (Å²) in [5.41, 5.74) is 0.899. The van der Waals surface area contributed by atoms with E-state index in [2.05, 4.69) is 17.2 Å². The van der Waals surface area contributed by atoms with Crippen LogP contribution in [-0.2, 0) is 0 Å². The Labute approximate surface area is 124 Å². The molecule has 1 aromatic carbocycles. The van der Waals surface area contributed by atoms with Crippen LogP contribution >= 0.6 is 11.3 Å². The van der Waals surface area contributed by atoms with Crippen LogP contribution in [0.15, 0.2) is 12.1 Å². The van der Waals surface area contributed by atoms with E-state index in [1.807, 2.05) is 39.8 Å². The number of hydrogen-bond acceptors (Lipinski definition) is 5. The summed E-state index contributed by atoms with van der Waals surface area (Å²) in [7, 11) is 0. The summed E-state index contributed by atoms with van der Waals surface area (Å²) >= 11 is 1.62. The molecule has 20 heavy (non-hydrogen) atoms. The van der Waals surface area contributed by atoms with E-state index in [4.69, 9.17) is 9.47 Å². The Morgan fingerprint density at radius 1 is 1.15 bits per heavy atom. The fourth-order valence-corrected chi connectivity index (χ4v) is 2.87. The molecular weight excluding hydrogens is 272 g/mol. The van der Waals surface area contributed by atoms with Crippen molar-refractivity contribution in [3.05, 3.63) is 12.1 Å². The van der Waals surface area contributed by atoms with Crippen molar-refractivity contribution in [2.75, 3.05) is 11.9 Å². The number of ether oxygens (including phenoxy) is 2. The van der Waals surface area contributed by atoms with Crippen molar-refractivity contribution in [3.63, 3.8) is 0 Å². The molecule has 0 aliphatic rings. The van der Waals surface area contributed by atoms with Gasteiger partial charge in [-0.25, -0.2) is 4.98 Å². The van der Waals surface area contributed by atoms with E-state index in [9.17, 15) is 0 Å². The predicted octanol–water partition coefficient (Wildman–Crippen LogP) is 4.30. The molecule has 0 fully saturated rings. The van der Waals surface area contributed by atoms with E-state index >= 15 is 0 Å². The first-order valence-electron chi connectivity index (χ1n) is 7.01. The highest BCUT2D eigenvalue weighted by atomic mass is 32.1. The molecule has 0 aliphatic carbocycles. The number of fused-ring (bicyclic) bond motifs is 1. The molecule has 0 aliphatic heterocycles. The summed E-state index contributed by atoms with van der Waals surface area (Å²) in [5, 5.41) is 4.16. The van der Waals surface area contributed by atoms with Crippen molar-refractivity contribution in [2.45, 2.75) is 46.8 Å². The van der Waals surface area contributed by atoms with Gasteiger partial charge in [-0.15, -0.1) is 0 Å². The number of nitrogens with zero attached hydrogens (tertiary/aromatic N) is 1. The first kappa shape index (κ1) is 14.9. The summed E-state index contributed by atoms with van der Waals surface area (Å²) in [5.74, 6) is 1.61. The monoisotopic (exact) mass is 294 g/mol. The van der Waals surface area contributed by atoms with Gasteiger partial charge in [-0.3, -0.25) is 0 Å². The van der Waals surface area contributed by atoms with E-state index < -0.39 is 0 Å². The zero-order valence-corrected chi connectivity index (χ0v) is 13.5. The van der Waals surface area contributed by atoms with Crippen LogP contribution in [0.25, 0.3) is 10.2 Å². The maximum Gasteiger partial charge on any atom is 0.183 e. The minimum absolute atomic E-state index is 0.108. The summed E-state index contributed by atoms with van der Waals surface area (Å²) in [6.45, 7) is 11.0. The molecule has 0 radical (unpaired) electrons. The van der Waals surface area contributed by atoms with Crippen LogP contribution < -0.4 is 14.8 Å². The van der Waals surface area contributed by atoms with Crippen LogP contribution in [0.2, 0.25) is 0 Å². The van der Waals surface area contributed by atoms with Gasteiger partial charge in [-0.1, -0.05) is 11.3 Å². The molecule has 110 valence electrons. The molecule has 0 atom stereocenters. The van der Waals surface area contributed by atoms with Crippen molar-refractivity contribution in [2.24, 2.45) is 0 Å². The van der Waals surface area contributed by atoms with Crippen molar-refractivity contribution in [3.8, 4) is 11.5 Å². The molecule has 2 aromatic rings. The Balaban J connectivity index is 2.46. The van der Waals surface area contributed by atoms with Crippen molar-refractivity contribution in [1.29, 1.82) is 0 Å². The van der Waals surface area contributed by atoms with Crippen LogP contribution in [0.3, 0.4) is 0 Å². The molecule has 1 heterocycles. The third-order valence-electron chi connectivity index (χ3n) is 2.50. The molecule has 0 saturated carbocycles. The maximum atomic E-state index is 5.88. The van der Waals surface area contributed by atoms with Crippen LogP contribution in [0, 0.1) is 0 Å². The number of thiazole rings is 1. The highest BCUT2D eigenvalue weighted by Gasteiger charge is 2.13. The van der Waals surface area contributed by atoms with E-state index in [0.29, 0.717) is 0 Å². The molecule has 0 saturated heterocycles. The normalized spacial score (nSPS) is 11.3. The standard InChI is InChI=1S/C15H22N2O2S/c1-6-16-15-17-14-12(19-10(4)5)7-11(18-9(2)3)8-13(14)20-15/h7-10H,6H2,1-5H3,(H,16,17). The number of aromatic nitrogens is 1. The Hall–Kier alpha value is -1.49. The highest BCUT2D eigenvalue weighted by Crippen LogP contribution is 2.37. The Bertz CT molecular complexity index is 579. The number of anilines is 1. The van der Waals surface area contributed by atoms with Gasteiger partial charge in [0, 0.05) is 12.6 Å². The van der Waals surface area contributed by atoms with Crippen molar-refractivity contribution < 1.29 is 9.47 Å². The summed E-state index contributed by atoms with van der Waals surface area (Å²) in [4.78, 5) is 4.60. The molecule has 1 aromatic heterocycles. The van der Waals surface area contributed by atoms with Gasteiger partial charge in [0.25, 0.3) is 0 Å². The lowest BCUT2D eigenvalue weighted by Gasteiger charge is -2.14. The summed E-state index contributed by atoms with van der Waals surface area (Å²) in [6.07, 6.45) is 0.247. The number of benzene rings is 1. The molecule has 0 amide bonds. The zero-order chi connectivity index (χ0) is 14.7. The Kier molecular flexibility index (Phi) is 4.70. The van der Waals surface area contributed by atoms with Gasteiger partial charge in [0.1, 0.15) is 11.3 Å². The molecule has 0 unspecified atom stereocenters. The smallest absolute Gasteiger partial charge is 0.183 e. The second kappa shape index (κ2) is 6.31. The van der Waals surface area contributed by atoms with E-state index in [1.54, 1.807) is 11.3 Å². The van der Waals surface area contributed by atoms with Crippen molar-refractivity contribution in [1.82, 2.24) is 4.98 Å². The predicted molar refractivity (Wildman–Crippen MR) is 85.3 cm³/mol. The molecule has 2 rings (SSSR count). The first-order valence-corrected chi connectivity index (χ1v) is 7.83.